The number of carbonyl (C=O) groups is 1. The minimum atomic E-state index is -0.649. The largest absolute Gasteiger partial charge is 0.394 e. The Morgan fingerprint density at radius 3 is 1.12 bits per heavy atom. The van der Waals surface area contributed by atoms with E-state index < -0.39 is 12.1 Å². The first-order valence-corrected chi connectivity index (χ1v) is 18.2. The standard InChI is InChI=1S/C36H73NO3/c1-3-5-7-9-11-12-13-14-15-16-17-18-19-20-21-22-23-24-25-26-27-29-31-35(39)34(33-38)37-36(40)32-30-28-10-8-6-4-2/h34-35,38-39H,3-33H2,1-2H3,(H,37,40). The van der Waals surface area contributed by atoms with Crippen molar-refractivity contribution in [1.29, 1.82) is 0 Å². The monoisotopic (exact) mass is 568 g/mol. The van der Waals surface area contributed by atoms with Crippen LogP contribution in [0.3, 0.4) is 0 Å². The van der Waals surface area contributed by atoms with Crippen molar-refractivity contribution in [2.24, 2.45) is 0 Å². The van der Waals surface area contributed by atoms with Crippen LogP contribution in [0.25, 0.3) is 0 Å². The van der Waals surface area contributed by atoms with Crippen LogP contribution >= 0.6 is 0 Å². The van der Waals surface area contributed by atoms with Crippen LogP contribution < -0.4 is 5.32 Å². The number of rotatable bonds is 33. The van der Waals surface area contributed by atoms with Crippen molar-refractivity contribution in [2.45, 2.75) is 219 Å². The van der Waals surface area contributed by atoms with Gasteiger partial charge in [-0.25, -0.2) is 0 Å². The molecule has 0 radical (unpaired) electrons. The summed E-state index contributed by atoms with van der Waals surface area (Å²) in [6, 6.07) is -0.525. The lowest BCUT2D eigenvalue weighted by molar-refractivity contribution is -0.123. The minimum Gasteiger partial charge on any atom is -0.394 e. The quantitative estimate of drug-likeness (QED) is 0.0691. The first kappa shape index (κ1) is 39.4. The third kappa shape index (κ3) is 28.9. The zero-order valence-electron chi connectivity index (χ0n) is 27.4. The van der Waals surface area contributed by atoms with Crippen LogP contribution in [0.15, 0.2) is 0 Å². The van der Waals surface area contributed by atoms with Gasteiger partial charge in [-0.3, -0.25) is 4.79 Å². The lowest BCUT2D eigenvalue weighted by Gasteiger charge is -2.22. The van der Waals surface area contributed by atoms with Crippen LogP contribution in [-0.2, 0) is 4.79 Å². The molecule has 0 aliphatic carbocycles. The molecule has 0 fully saturated rings. The van der Waals surface area contributed by atoms with E-state index in [4.69, 9.17) is 0 Å². The molecule has 2 atom stereocenters. The molecule has 0 aromatic carbocycles. The topological polar surface area (TPSA) is 69.6 Å². The molecule has 4 heteroatoms. The fraction of sp³-hybridized carbons (Fsp3) is 0.972. The number of hydrogen-bond acceptors (Lipinski definition) is 3. The van der Waals surface area contributed by atoms with Crippen molar-refractivity contribution in [3.8, 4) is 0 Å². The average molecular weight is 568 g/mol. The van der Waals surface area contributed by atoms with E-state index >= 15 is 0 Å². The van der Waals surface area contributed by atoms with E-state index in [1.54, 1.807) is 0 Å². The molecule has 40 heavy (non-hydrogen) atoms. The average Bonchev–Trinajstić information content (AvgIpc) is 2.96. The van der Waals surface area contributed by atoms with E-state index in [-0.39, 0.29) is 12.5 Å². The zero-order chi connectivity index (χ0) is 29.4. The Morgan fingerprint density at radius 1 is 0.500 bits per heavy atom. The first-order chi connectivity index (χ1) is 19.7. The maximum atomic E-state index is 12.1. The molecule has 1 amide bonds. The van der Waals surface area contributed by atoms with Gasteiger partial charge < -0.3 is 15.5 Å². The molecular weight excluding hydrogens is 494 g/mol. The van der Waals surface area contributed by atoms with Crippen molar-refractivity contribution >= 4 is 5.91 Å². The summed E-state index contributed by atoms with van der Waals surface area (Å²) >= 11 is 0. The molecule has 0 aromatic rings. The minimum absolute atomic E-state index is 0.0392. The highest BCUT2D eigenvalue weighted by Crippen LogP contribution is 2.16. The third-order valence-electron chi connectivity index (χ3n) is 8.62. The summed E-state index contributed by atoms with van der Waals surface area (Å²) < 4.78 is 0. The Balaban J connectivity index is 3.40. The van der Waals surface area contributed by atoms with Crippen LogP contribution in [0, 0.1) is 0 Å². The molecule has 4 nitrogen and oxygen atoms in total. The van der Waals surface area contributed by atoms with Crippen LogP contribution in [0.4, 0.5) is 0 Å². The fourth-order valence-electron chi connectivity index (χ4n) is 5.77. The molecule has 0 bridgehead atoms. The molecular formula is C36H73NO3. The van der Waals surface area contributed by atoms with Gasteiger partial charge in [-0.05, 0) is 12.8 Å². The predicted octanol–water partition coefficient (Wildman–Crippen LogP) is 10.6. The van der Waals surface area contributed by atoms with Gasteiger partial charge in [0.15, 0.2) is 0 Å². The second kappa shape index (κ2) is 32.9. The van der Waals surface area contributed by atoms with Gasteiger partial charge in [-0.15, -0.1) is 0 Å². The van der Waals surface area contributed by atoms with Gasteiger partial charge in [-0.2, -0.15) is 0 Å². The molecule has 2 unspecified atom stereocenters. The van der Waals surface area contributed by atoms with Gasteiger partial charge in [0, 0.05) is 6.42 Å². The molecule has 0 saturated heterocycles. The van der Waals surface area contributed by atoms with Crippen molar-refractivity contribution < 1.29 is 15.0 Å². The van der Waals surface area contributed by atoms with Crippen molar-refractivity contribution in [1.82, 2.24) is 5.32 Å². The molecule has 0 aromatic heterocycles. The van der Waals surface area contributed by atoms with Crippen LogP contribution in [0.5, 0.6) is 0 Å². The Hall–Kier alpha value is -0.610. The Bertz CT molecular complexity index is 498. The summed E-state index contributed by atoms with van der Waals surface area (Å²) in [4.78, 5) is 12.1. The summed E-state index contributed by atoms with van der Waals surface area (Å²) in [5, 5.41) is 22.9. The number of aliphatic hydroxyl groups is 2. The number of nitrogens with one attached hydrogen (secondary N) is 1. The highest BCUT2D eigenvalue weighted by atomic mass is 16.3. The molecule has 0 aliphatic rings. The van der Waals surface area contributed by atoms with Gasteiger partial charge in [0.05, 0.1) is 18.8 Å². The van der Waals surface area contributed by atoms with Crippen LogP contribution in [0.2, 0.25) is 0 Å². The number of carbonyl (C=O) groups excluding carboxylic acids is 1. The van der Waals surface area contributed by atoms with Gasteiger partial charge in [0.25, 0.3) is 0 Å². The Kier molecular flexibility index (Phi) is 32.4. The fourth-order valence-corrected chi connectivity index (χ4v) is 5.77. The van der Waals surface area contributed by atoms with E-state index in [0.29, 0.717) is 12.8 Å². The number of amides is 1. The molecule has 0 saturated carbocycles. The van der Waals surface area contributed by atoms with Gasteiger partial charge in [0.2, 0.25) is 5.91 Å². The predicted molar refractivity (Wildman–Crippen MR) is 175 cm³/mol. The van der Waals surface area contributed by atoms with Gasteiger partial charge in [0.1, 0.15) is 0 Å². The van der Waals surface area contributed by atoms with Crippen LogP contribution in [-0.4, -0.2) is 34.9 Å². The molecule has 0 heterocycles. The summed E-state index contributed by atoms with van der Waals surface area (Å²) in [5.41, 5.74) is 0. The zero-order valence-corrected chi connectivity index (χ0v) is 27.4. The SMILES string of the molecule is CCCCCCCCCCCCCCCCCCCCCCCCC(O)C(CO)NC(=O)CCCCCCCC. The highest BCUT2D eigenvalue weighted by molar-refractivity contribution is 5.76. The van der Waals surface area contributed by atoms with E-state index in [1.807, 2.05) is 0 Å². The second-order valence-corrected chi connectivity index (χ2v) is 12.7. The molecule has 240 valence electrons. The van der Waals surface area contributed by atoms with Gasteiger partial charge >= 0.3 is 0 Å². The summed E-state index contributed by atoms with van der Waals surface area (Å²) in [7, 11) is 0. The molecule has 3 N–H and O–H groups in total. The normalized spacial score (nSPS) is 13.0. The maximum Gasteiger partial charge on any atom is 0.220 e. The molecule has 0 spiro atoms. The van der Waals surface area contributed by atoms with Crippen molar-refractivity contribution in [3.05, 3.63) is 0 Å². The van der Waals surface area contributed by atoms with Crippen molar-refractivity contribution in [2.75, 3.05) is 6.61 Å². The highest BCUT2D eigenvalue weighted by Gasteiger charge is 2.19. The number of hydrogen-bond donors (Lipinski definition) is 3. The maximum absolute atomic E-state index is 12.1. The van der Waals surface area contributed by atoms with Crippen LogP contribution in [0.1, 0.15) is 206 Å². The summed E-state index contributed by atoms with van der Waals surface area (Å²) in [6.45, 7) is 4.30. The number of unbranched alkanes of at least 4 members (excludes halogenated alkanes) is 26. The lowest BCUT2D eigenvalue weighted by atomic mass is 10.0. The summed E-state index contributed by atoms with van der Waals surface area (Å²) in [5.74, 6) is -0.0392. The van der Waals surface area contributed by atoms with Gasteiger partial charge in [-0.1, -0.05) is 187 Å². The second-order valence-electron chi connectivity index (χ2n) is 12.7. The Morgan fingerprint density at radius 2 is 0.800 bits per heavy atom. The van der Waals surface area contributed by atoms with E-state index in [9.17, 15) is 15.0 Å². The molecule has 0 rings (SSSR count). The van der Waals surface area contributed by atoms with E-state index in [0.717, 1.165) is 25.7 Å². The van der Waals surface area contributed by atoms with E-state index in [2.05, 4.69) is 19.2 Å². The third-order valence-corrected chi connectivity index (χ3v) is 8.62. The molecule has 0 aliphatic heterocycles. The first-order valence-electron chi connectivity index (χ1n) is 18.2. The van der Waals surface area contributed by atoms with E-state index in [1.165, 1.54) is 154 Å². The van der Waals surface area contributed by atoms with Crippen molar-refractivity contribution in [3.63, 3.8) is 0 Å². The Labute approximate surface area is 251 Å². The summed E-state index contributed by atoms with van der Waals surface area (Å²) in [6.07, 6.45) is 37.6. The lowest BCUT2D eigenvalue weighted by Crippen LogP contribution is -2.45. The number of aliphatic hydroxyl groups excluding tert-OH is 2. The smallest absolute Gasteiger partial charge is 0.220 e.